The summed E-state index contributed by atoms with van der Waals surface area (Å²) in [5, 5.41) is 9.80. The predicted molar refractivity (Wildman–Crippen MR) is 81.6 cm³/mol. The summed E-state index contributed by atoms with van der Waals surface area (Å²) in [6.45, 7) is 1.91. The Morgan fingerprint density at radius 2 is 1.86 bits per heavy atom. The minimum absolute atomic E-state index is 0.500. The smallest absolute Gasteiger partial charge is 0.310 e. The van der Waals surface area contributed by atoms with Gasteiger partial charge in [-0.05, 0) is 19.8 Å². The molecule has 0 saturated heterocycles. The Kier molecular flexibility index (Phi) is 5.21. The van der Waals surface area contributed by atoms with E-state index < -0.39 is 11.4 Å². The third kappa shape index (κ3) is 3.96. The van der Waals surface area contributed by atoms with Crippen LogP contribution in [0.3, 0.4) is 0 Å². The van der Waals surface area contributed by atoms with Crippen LogP contribution in [0.4, 0.5) is 0 Å². The highest BCUT2D eigenvalue weighted by atomic mass is 16.5. The molecule has 1 heterocycles. The van der Waals surface area contributed by atoms with Crippen molar-refractivity contribution in [2.45, 2.75) is 58.3 Å². The molecule has 1 aliphatic rings. The number of pyridine rings is 1. The molecule has 0 bridgehead atoms. The standard InChI is InChI=1S/C17H25NO3/c1-13-10-15(21-2)11-14(18-13)12-17(16(19)20)8-6-4-3-5-7-9-17/h10-11H,3-9,12H2,1-2H3,(H,19,20). The second kappa shape index (κ2) is 6.92. The molecule has 1 aromatic rings. The van der Waals surface area contributed by atoms with Gasteiger partial charge in [0.2, 0.25) is 0 Å². The lowest BCUT2D eigenvalue weighted by Gasteiger charge is -2.31. The molecular weight excluding hydrogens is 266 g/mol. The van der Waals surface area contributed by atoms with E-state index in [1.54, 1.807) is 7.11 Å². The molecule has 116 valence electrons. The van der Waals surface area contributed by atoms with Crippen molar-refractivity contribution >= 4 is 5.97 Å². The molecule has 4 nitrogen and oxygen atoms in total. The Bertz CT molecular complexity index is 491. The Hall–Kier alpha value is -1.58. The van der Waals surface area contributed by atoms with Crippen molar-refractivity contribution in [1.29, 1.82) is 0 Å². The topological polar surface area (TPSA) is 59.4 Å². The van der Waals surface area contributed by atoms with E-state index in [2.05, 4.69) is 4.98 Å². The van der Waals surface area contributed by atoms with Crippen LogP contribution in [0.15, 0.2) is 12.1 Å². The highest BCUT2D eigenvalue weighted by Gasteiger charge is 2.38. The first-order chi connectivity index (χ1) is 10.1. The van der Waals surface area contributed by atoms with Crippen LogP contribution in [0.2, 0.25) is 0 Å². The maximum absolute atomic E-state index is 11.9. The summed E-state index contributed by atoms with van der Waals surface area (Å²) in [6.07, 6.45) is 7.50. The van der Waals surface area contributed by atoms with E-state index in [0.29, 0.717) is 6.42 Å². The van der Waals surface area contributed by atoms with Crippen LogP contribution in [-0.2, 0) is 11.2 Å². The maximum Gasteiger partial charge on any atom is 0.310 e. The van der Waals surface area contributed by atoms with Crippen molar-refractivity contribution < 1.29 is 14.6 Å². The summed E-state index contributed by atoms with van der Waals surface area (Å²) in [6, 6.07) is 3.74. The molecule has 1 aliphatic carbocycles. The second-order valence-corrected chi connectivity index (χ2v) is 6.17. The number of aromatic nitrogens is 1. The van der Waals surface area contributed by atoms with E-state index in [9.17, 15) is 9.90 Å². The number of carboxylic acids is 1. The number of aliphatic carboxylic acids is 1. The number of ether oxygens (including phenoxy) is 1. The molecule has 2 rings (SSSR count). The van der Waals surface area contributed by atoms with E-state index in [-0.39, 0.29) is 0 Å². The average Bonchev–Trinajstić information content (AvgIpc) is 2.41. The molecule has 0 aliphatic heterocycles. The minimum Gasteiger partial charge on any atom is -0.497 e. The number of carbonyl (C=O) groups is 1. The van der Waals surface area contributed by atoms with Gasteiger partial charge in [-0.1, -0.05) is 32.1 Å². The Morgan fingerprint density at radius 3 is 2.43 bits per heavy atom. The zero-order chi connectivity index (χ0) is 15.3. The van der Waals surface area contributed by atoms with E-state index in [1.165, 1.54) is 6.42 Å². The number of hydrogen-bond donors (Lipinski definition) is 1. The van der Waals surface area contributed by atoms with E-state index >= 15 is 0 Å². The van der Waals surface area contributed by atoms with E-state index in [1.807, 2.05) is 19.1 Å². The molecule has 0 atom stereocenters. The molecule has 0 spiro atoms. The Morgan fingerprint density at radius 1 is 1.24 bits per heavy atom. The molecule has 0 amide bonds. The van der Waals surface area contributed by atoms with E-state index in [0.717, 1.165) is 55.7 Å². The molecular formula is C17H25NO3. The normalized spacial score (nSPS) is 18.6. The van der Waals surface area contributed by atoms with Crippen molar-refractivity contribution in [3.63, 3.8) is 0 Å². The lowest BCUT2D eigenvalue weighted by atomic mass is 9.73. The number of methoxy groups -OCH3 is 1. The third-order valence-corrected chi connectivity index (χ3v) is 4.50. The van der Waals surface area contributed by atoms with Crippen LogP contribution in [0.1, 0.15) is 56.3 Å². The summed E-state index contributed by atoms with van der Waals surface area (Å²) in [5.74, 6) is 0.0792. The molecule has 21 heavy (non-hydrogen) atoms. The zero-order valence-corrected chi connectivity index (χ0v) is 13.0. The van der Waals surface area contributed by atoms with E-state index in [4.69, 9.17) is 4.74 Å². The molecule has 0 aromatic carbocycles. The fourth-order valence-corrected chi connectivity index (χ4v) is 3.31. The van der Waals surface area contributed by atoms with Gasteiger partial charge in [0.25, 0.3) is 0 Å². The van der Waals surface area contributed by atoms with Crippen molar-refractivity contribution in [3.8, 4) is 5.75 Å². The van der Waals surface area contributed by atoms with Gasteiger partial charge in [0.1, 0.15) is 5.75 Å². The van der Waals surface area contributed by atoms with Crippen molar-refractivity contribution in [3.05, 3.63) is 23.5 Å². The van der Waals surface area contributed by atoms with Gasteiger partial charge in [0, 0.05) is 29.9 Å². The summed E-state index contributed by atoms with van der Waals surface area (Å²) in [7, 11) is 1.63. The Labute approximate surface area is 126 Å². The lowest BCUT2D eigenvalue weighted by molar-refractivity contribution is -0.150. The predicted octanol–water partition coefficient (Wildman–Crippen LogP) is 3.76. The fraction of sp³-hybridized carbons (Fsp3) is 0.647. The largest absolute Gasteiger partial charge is 0.497 e. The minimum atomic E-state index is -0.674. The fourth-order valence-electron chi connectivity index (χ4n) is 3.31. The van der Waals surface area contributed by atoms with Gasteiger partial charge in [-0.2, -0.15) is 0 Å². The zero-order valence-electron chi connectivity index (χ0n) is 13.0. The lowest BCUT2D eigenvalue weighted by Crippen LogP contribution is -2.34. The number of carboxylic acid groups (broad SMARTS) is 1. The molecule has 1 N–H and O–H groups in total. The maximum atomic E-state index is 11.9. The van der Waals surface area contributed by atoms with Gasteiger partial charge >= 0.3 is 5.97 Å². The first-order valence-corrected chi connectivity index (χ1v) is 7.81. The highest BCUT2D eigenvalue weighted by Crippen LogP contribution is 2.38. The molecule has 0 radical (unpaired) electrons. The van der Waals surface area contributed by atoms with Crippen LogP contribution < -0.4 is 4.74 Å². The first-order valence-electron chi connectivity index (χ1n) is 7.81. The molecule has 1 fully saturated rings. The van der Waals surface area contributed by atoms with Crippen molar-refractivity contribution in [2.24, 2.45) is 5.41 Å². The first kappa shape index (κ1) is 15.8. The van der Waals surface area contributed by atoms with Gasteiger partial charge in [-0.25, -0.2) is 0 Å². The van der Waals surface area contributed by atoms with Crippen LogP contribution >= 0.6 is 0 Å². The van der Waals surface area contributed by atoms with Crippen LogP contribution in [-0.4, -0.2) is 23.2 Å². The van der Waals surface area contributed by atoms with Crippen LogP contribution in [0, 0.1) is 12.3 Å². The summed E-state index contributed by atoms with van der Waals surface area (Å²) in [5.41, 5.74) is 1.04. The number of rotatable bonds is 4. The highest BCUT2D eigenvalue weighted by molar-refractivity contribution is 5.75. The average molecular weight is 291 g/mol. The summed E-state index contributed by atoms with van der Waals surface area (Å²) in [4.78, 5) is 16.4. The summed E-state index contributed by atoms with van der Waals surface area (Å²) >= 11 is 0. The van der Waals surface area contributed by atoms with Crippen molar-refractivity contribution in [2.75, 3.05) is 7.11 Å². The third-order valence-electron chi connectivity index (χ3n) is 4.50. The van der Waals surface area contributed by atoms with Gasteiger partial charge in [-0.3, -0.25) is 9.78 Å². The molecule has 1 aromatic heterocycles. The molecule has 4 heteroatoms. The summed E-state index contributed by atoms with van der Waals surface area (Å²) < 4.78 is 5.28. The van der Waals surface area contributed by atoms with Gasteiger partial charge < -0.3 is 9.84 Å². The van der Waals surface area contributed by atoms with Crippen molar-refractivity contribution in [1.82, 2.24) is 4.98 Å². The van der Waals surface area contributed by atoms with Gasteiger partial charge in [-0.15, -0.1) is 0 Å². The molecule has 1 saturated carbocycles. The monoisotopic (exact) mass is 291 g/mol. The number of aryl methyl sites for hydroxylation is 1. The SMILES string of the molecule is COc1cc(C)nc(CC2(C(=O)O)CCCCCCC2)c1. The van der Waals surface area contributed by atoms with Crippen LogP contribution in [0.25, 0.3) is 0 Å². The second-order valence-electron chi connectivity index (χ2n) is 6.17. The van der Waals surface area contributed by atoms with Crippen LogP contribution in [0.5, 0.6) is 5.75 Å². The number of nitrogens with zero attached hydrogens (tertiary/aromatic N) is 1. The van der Waals surface area contributed by atoms with Gasteiger partial charge in [0.05, 0.1) is 12.5 Å². The number of hydrogen-bond acceptors (Lipinski definition) is 3. The molecule has 0 unspecified atom stereocenters. The van der Waals surface area contributed by atoms with Gasteiger partial charge in [0.15, 0.2) is 0 Å². The quantitative estimate of drug-likeness (QED) is 0.917. The Balaban J connectivity index is 2.26.